The van der Waals surface area contributed by atoms with Gasteiger partial charge in [0.2, 0.25) is 0 Å². The molecule has 100 valence electrons. The Hall–Kier alpha value is -0.800. The van der Waals surface area contributed by atoms with Crippen molar-refractivity contribution in [1.82, 2.24) is 10.2 Å². The van der Waals surface area contributed by atoms with E-state index in [0.29, 0.717) is 6.04 Å². The molecule has 3 nitrogen and oxygen atoms in total. The van der Waals surface area contributed by atoms with Gasteiger partial charge in [0.15, 0.2) is 0 Å². The summed E-state index contributed by atoms with van der Waals surface area (Å²) in [5, 5.41) is 3.61. The molecule has 1 saturated heterocycles. The summed E-state index contributed by atoms with van der Waals surface area (Å²) in [6, 6.07) is 5.38. The van der Waals surface area contributed by atoms with E-state index in [1.54, 1.807) is 0 Å². The summed E-state index contributed by atoms with van der Waals surface area (Å²) in [7, 11) is 0. The van der Waals surface area contributed by atoms with Crippen LogP contribution in [0.25, 0.3) is 0 Å². The quantitative estimate of drug-likeness (QED) is 0.868. The van der Waals surface area contributed by atoms with Crippen molar-refractivity contribution < 1.29 is 4.42 Å². The van der Waals surface area contributed by atoms with Crippen LogP contribution in [0.3, 0.4) is 0 Å². The molecule has 1 aromatic rings. The van der Waals surface area contributed by atoms with E-state index in [9.17, 15) is 0 Å². The molecule has 1 aliphatic carbocycles. The second-order valence-corrected chi connectivity index (χ2v) is 5.96. The summed E-state index contributed by atoms with van der Waals surface area (Å²) >= 11 is 0. The van der Waals surface area contributed by atoms with Gasteiger partial charge in [-0.1, -0.05) is 0 Å². The van der Waals surface area contributed by atoms with Gasteiger partial charge in [-0.25, -0.2) is 0 Å². The summed E-state index contributed by atoms with van der Waals surface area (Å²) in [6.07, 6.45) is 4.22. The molecule has 0 bridgehead atoms. The number of hydrogen-bond acceptors (Lipinski definition) is 3. The van der Waals surface area contributed by atoms with Crippen LogP contribution in [0.15, 0.2) is 16.5 Å². The summed E-state index contributed by atoms with van der Waals surface area (Å²) < 4.78 is 5.66. The maximum atomic E-state index is 5.66. The third kappa shape index (κ3) is 2.78. The normalized spacial score (nSPS) is 26.7. The zero-order valence-electron chi connectivity index (χ0n) is 11.5. The van der Waals surface area contributed by atoms with E-state index in [0.717, 1.165) is 30.0 Å². The lowest BCUT2D eigenvalue weighted by molar-refractivity contribution is 0.307. The van der Waals surface area contributed by atoms with Crippen molar-refractivity contribution in [3.63, 3.8) is 0 Å². The molecule has 0 radical (unpaired) electrons. The molecule has 1 saturated carbocycles. The van der Waals surface area contributed by atoms with Gasteiger partial charge < -0.3 is 14.6 Å². The number of likely N-dealkylation sites (tertiary alicyclic amines) is 1. The molecule has 2 fully saturated rings. The van der Waals surface area contributed by atoms with Gasteiger partial charge in [-0.15, -0.1) is 0 Å². The predicted octanol–water partition coefficient (Wildman–Crippen LogP) is 2.72. The van der Waals surface area contributed by atoms with Gasteiger partial charge in [-0.2, -0.15) is 0 Å². The van der Waals surface area contributed by atoms with Crippen molar-refractivity contribution in [2.75, 3.05) is 19.6 Å². The minimum Gasteiger partial charge on any atom is -0.465 e. The molecular weight excluding hydrogens is 224 g/mol. The molecule has 0 spiro atoms. The van der Waals surface area contributed by atoms with Gasteiger partial charge in [0.1, 0.15) is 11.5 Å². The maximum Gasteiger partial charge on any atom is 0.120 e. The average Bonchev–Trinajstić information content (AvgIpc) is 2.95. The zero-order valence-corrected chi connectivity index (χ0v) is 11.5. The Labute approximate surface area is 110 Å². The van der Waals surface area contributed by atoms with Crippen LogP contribution in [-0.4, -0.2) is 30.6 Å². The van der Waals surface area contributed by atoms with Crippen LogP contribution >= 0.6 is 0 Å². The van der Waals surface area contributed by atoms with Crippen molar-refractivity contribution >= 4 is 0 Å². The lowest BCUT2D eigenvalue weighted by Gasteiger charge is -2.17. The molecule has 3 rings (SSSR count). The van der Waals surface area contributed by atoms with E-state index in [1.165, 1.54) is 32.4 Å². The Balaban J connectivity index is 1.44. The van der Waals surface area contributed by atoms with Crippen LogP contribution in [-0.2, 0) is 0 Å². The van der Waals surface area contributed by atoms with Crippen molar-refractivity contribution in [2.45, 2.75) is 45.2 Å². The van der Waals surface area contributed by atoms with Gasteiger partial charge in [-0.05, 0) is 64.3 Å². The van der Waals surface area contributed by atoms with E-state index < -0.39 is 0 Å². The molecule has 0 aromatic carbocycles. The molecule has 1 aromatic heterocycles. The highest BCUT2D eigenvalue weighted by Gasteiger charge is 2.34. The van der Waals surface area contributed by atoms with Crippen molar-refractivity contribution in [3.05, 3.63) is 23.7 Å². The highest BCUT2D eigenvalue weighted by atomic mass is 16.3. The van der Waals surface area contributed by atoms with Gasteiger partial charge in [0, 0.05) is 12.6 Å². The van der Waals surface area contributed by atoms with Crippen molar-refractivity contribution in [3.8, 4) is 0 Å². The zero-order chi connectivity index (χ0) is 12.5. The first-order valence-corrected chi connectivity index (χ1v) is 7.26. The lowest BCUT2D eigenvalue weighted by Crippen LogP contribution is -2.29. The van der Waals surface area contributed by atoms with Gasteiger partial charge >= 0.3 is 0 Å². The van der Waals surface area contributed by atoms with Gasteiger partial charge in [-0.3, -0.25) is 0 Å². The Morgan fingerprint density at radius 2 is 2.22 bits per heavy atom. The first-order chi connectivity index (χ1) is 8.72. The van der Waals surface area contributed by atoms with Crippen molar-refractivity contribution in [2.24, 2.45) is 5.92 Å². The van der Waals surface area contributed by atoms with Crippen LogP contribution in [0.5, 0.6) is 0 Å². The maximum absolute atomic E-state index is 5.66. The second kappa shape index (κ2) is 5.06. The first-order valence-electron chi connectivity index (χ1n) is 7.26. The Morgan fingerprint density at radius 1 is 1.39 bits per heavy atom. The first kappa shape index (κ1) is 12.2. The Morgan fingerprint density at radius 3 is 2.89 bits per heavy atom. The molecule has 3 heteroatoms. The fraction of sp³-hybridized carbons (Fsp3) is 0.733. The average molecular weight is 248 g/mol. The van der Waals surface area contributed by atoms with E-state index in [-0.39, 0.29) is 0 Å². The van der Waals surface area contributed by atoms with E-state index in [4.69, 9.17) is 4.42 Å². The third-order valence-corrected chi connectivity index (χ3v) is 4.28. The molecule has 18 heavy (non-hydrogen) atoms. The second-order valence-electron chi connectivity index (χ2n) is 5.96. The highest BCUT2D eigenvalue weighted by Crippen LogP contribution is 2.31. The molecule has 1 aliphatic heterocycles. The molecular formula is C15H24N2O. The molecule has 2 atom stereocenters. The number of furan rings is 1. The highest BCUT2D eigenvalue weighted by molar-refractivity contribution is 5.08. The molecule has 2 aliphatic rings. The van der Waals surface area contributed by atoms with Crippen LogP contribution in [0.2, 0.25) is 0 Å². The summed E-state index contributed by atoms with van der Waals surface area (Å²) in [5.41, 5.74) is 0. The predicted molar refractivity (Wildman–Crippen MR) is 72.6 cm³/mol. The van der Waals surface area contributed by atoms with E-state index in [2.05, 4.69) is 23.2 Å². The standard InChI is InChI=1S/C15H24N2O/c1-11-3-6-15(18-11)12(2)16-9-13-7-8-17(10-13)14-4-5-14/h3,6,12-14,16H,4-5,7-10H2,1-2H3. The van der Waals surface area contributed by atoms with Crippen LogP contribution in [0.4, 0.5) is 0 Å². The third-order valence-electron chi connectivity index (χ3n) is 4.28. The van der Waals surface area contributed by atoms with E-state index in [1.807, 2.05) is 13.0 Å². The van der Waals surface area contributed by atoms with E-state index >= 15 is 0 Å². The number of nitrogens with one attached hydrogen (secondary N) is 1. The lowest BCUT2D eigenvalue weighted by atomic mass is 10.1. The smallest absolute Gasteiger partial charge is 0.120 e. The molecule has 0 amide bonds. The fourth-order valence-electron chi connectivity index (χ4n) is 2.93. The molecule has 1 N–H and O–H groups in total. The number of nitrogens with zero attached hydrogens (tertiary/aromatic N) is 1. The molecule has 2 unspecified atom stereocenters. The minimum absolute atomic E-state index is 0.327. The Kier molecular flexibility index (Phi) is 3.44. The van der Waals surface area contributed by atoms with Crippen LogP contribution in [0, 0.1) is 12.8 Å². The van der Waals surface area contributed by atoms with Gasteiger partial charge in [0.05, 0.1) is 6.04 Å². The van der Waals surface area contributed by atoms with Crippen LogP contribution < -0.4 is 5.32 Å². The SMILES string of the molecule is Cc1ccc(C(C)NCC2CCN(C3CC3)C2)o1. The largest absolute Gasteiger partial charge is 0.465 e. The van der Waals surface area contributed by atoms with Gasteiger partial charge in [0.25, 0.3) is 0 Å². The summed E-state index contributed by atoms with van der Waals surface area (Å²) in [5.74, 6) is 2.88. The number of rotatable bonds is 5. The number of hydrogen-bond donors (Lipinski definition) is 1. The summed E-state index contributed by atoms with van der Waals surface area (Å²) in [4.78, 5) is 2.67. The fourth-order valence-corrected chi connectivity index (χ4v) is 2.93. The Bertz CT molecular complexity index is 397. The van der Waals surface area contributed by atoms with Crippen molar-refractivity contribution in [1.29, 1.82) is 0 Å². The topological polar surface area (TPSA) is 28.4 Å². The minimum atomic E-state index is 0.327. The summed E-state index contributed by atoms with van der Waals surface area (Å²) in [6.45, 7) is 7.91. The monoisotopic (exact) mass is 248 g/mol. The van der Waals surface area contributed by atoms with Crippen LogP contribution in [0.1, 0.15) is 43.7 Å². The number of aryl methyl sites for hydroxylation is 1. The molecule has 2 heterocycles.